The summed E-state index contributed by atoms with van der Waals surface area (Å²) in [4.78, 5) is 23.9. The summed E-state index contributed by atoms with van der Waals surface area (Å²) in [6.45, 7) is 7.77. The monoisotopic (exact) mass is 353 g/mol. The van der Waals surface area contributed by atoms with Gasteiger partial charge in [-0.15, -0.1) is 0 Å². The number of nitrogens with one attached hydrogen (secondary N) is 3. The number of aryl methyl sites for hydroxylation is 2. The lowest BCUT2D eigenvalue weighted by atomic mass is 10.1. The summed E-state index contributed by atoms with van der Waals surface area (Å²) in [5.74, 6) is -0.0617. The highest BCUT2D eigenvalue weighted by molar-refractivity contribution is 5.94. The highest BCUT2D eigenvalue weighted by Crippen LogP contribution is 2.21. The van der Waals surface area contributed by atoms with Crippen LogP contribution in [0.3, 0.4) is 0 Å². The van der Waals surface area contributed by atoms with Crippen molar-refractivity contribution in [3.63, 3.8) is 0 Å². The van der Waals surface area contributed by atoms with E-state index in [2.05, 4.69) is 35.0 Å². The molecule has 3 amide bonds. The molecule has 0 radical (unpaired) electrons. The zero-order chi connectivity index (χ0) is 19.1. The summed E-state index contributed by atoms with van der Waals surface area (Å²) < 4.78 is 0. The number of carbonyl (C=O) groups is 2. The van der Waals surface area contributed by atoms with Crippen molar-refractivity contribution in [1.82, 2.24) is 5.32 Å². The molecule has 138 valence electrons. The fourth-order valence-corrected chi connectivity index (χ4v) is 2.56. The molecule has 0 aromatic heterocycles. The van der Waals surface area contributed by atoms with Crippen LogP contribution in [0.1, 0.15) is 49.9 Å². The molecular weight excluding hydrogens is 326 g/mol. The summed E-state index contributed by atoms with van der Waals surface area (Å²) in [5.41, 5.74) is 4.59. The maximum Gasteiger partial charge on any atom is 0.319 e. The van der Waals surface area contributed by atoms with Gasteiger partial charge in [0.2, 0.25) is 5.91 Å². The molecule has 0 bridgehead atoms. The van der Waals surface area contributed by atoms with Crippen LogP contribution >= 0.6 is 0 Å². The molecule has 0 spiro atoms. The van der Waals surface area contributed by atoms with Crippen LogP contribution in [0.2, 0.25) is 0 Å². The first-order valence-electron chi connectivity index (χ1n) is 8.99. The average molecular weight is 353 g/mol. The second-order valence-corrected chi connectivity index (χ2v) is 6.35. The third kappa shape index (κ3) is 5.34. The predicted molar refractivity (Wildman–Crippen MR) is 106 cm³/mol. The van der Waals surface area contributed by atoms with Crippen molar-refractivity contribution in [2.24, 2.45) is 0 Å². The number of benzene rings is 2. The van der Waals surface area contributed by atoms with Gasteiger partial charge in [0.05, 0.1) is 6.04 Å². The molecule has 1 unspecified atom stereocenters. The van der Waals surface area contributed by atoms with Crippen LogP contribution in [-0.4, -0.2) is 11.9 Å². The Bertz CT molecular complexity index is 769. The minimum absolute atomic E-state index is 0.0617. The van der Waals surface area contributed by atoms with Gasteiger partial charge in [0.1, 0.15) is 0 Å². The van der Waals surface area contributed by atoms with Crippen LogP contribution in [0.25, 0.3) is 0 Å². The number of amides is 3. The van der Waals surface area contributed by atoms with E-state index < -0.39 is 0 Å². The Morgan fingerprint density at radius 3 is 2.31 bits per heavy atom. The van der Waals surface area contributed by atoms with E-state index in [1.165, 1.54) is 5.56 Å². The maximum atomic E-state index is 12.4. The predicted octanol–water partition coefficient (Wildman–Crippen LogP) is 4.79. The van der Waals surface area contributed by atoms with Crippen LogP contribution < -0.4 is 16.0 Å². The molecule has 0 aliphatic rings. The maximum absolute atomic E-state index is 12.4. The fourth-order valence-electron chi connectivity index (χ4n) is 2.56. The van der Waals surface area contributed by atoms with E-state index >= 15 is 0 Å². The number of hydrogen-bond acceptors (Lipinski definition) is 2. The fraction of sp³-hybridized carbons (Fsp3) is 0.333. The van der Waals surface area contributed by atoms with Gasteiger partial charge >= 0.3 is 6.03 Å². The number of urea groups is 1. The second-order valence-electron chi connectivity index (χ2n) is 6.35. The van der Waals surface area contributed by atoms with Gasteiger partial charge in [-0.3, -0.25) is 4.79 Å². The molecule has 2 aromatic carbocycles. The Balaban J connectivity index is 2.01. The van der Waals surface area contributed by atoms with Crippen molar-refractivity contribution in [2.75, 3.05) is 10.6 Å². The Morgan fingerprint density at radius 2 is 1.69 bits per heavy atom. The van der Waals surface area contributed by atoms with Gasteiger partial charge in [-0.25, -0.2) is 4.79 Å². The lowest BCUT2D eigenvalue weighted by Gasteiger charge is -2.17. The Kier molecular flexibility index (Phi) is 6.78. The van der Waals surface area contributed by atoms with E-state index in [0.29, 0.717) is 17.8 Å². The van der Waals surface area contributed by atoms with Crippen molar-refractivity contribution < 1.29 is 9.59 Å². The molecule has 0 aliphatic heterocycles. The van der Waals surface area contributed by atoms with Crippen LogP contribution in [-0.2, 0) is 11.2 Å². The molecule has 2 aromatic rings. The van der Waals surface area contributed by atoms with Crippen molar-refractivity contribution in [3.05, 3.63) is 59.2 Å². The second kappa shape index (κ2) is 9.04. The quantitative estimate of drug-likeness (QED) is 0.699. The van der Waals surface area contributed by atoms with Crippen LogP contribution in [0.5, 0.6) is 0 Å². The first kappa shape index (κ1) is 19.5. The summed E-state index contributed by atoms with van der Waals surface area (Å²) in [5, 5.41) is 8.61. The van der Waals surface area contributed by atoms with Gasteiger partial charge in [-0.1, -0.05) is 44.2 Å². The first-order valence-corrected chi connectivity index (χ1v) is 8.99. The summed E-state index contributed by atoms with van der Waals surface area (Å²) >= 11 is 0. The topological polar surface area (TPSA) is 70.2 Å². The molecule has 2 rings (SSSR count). The van der Waals surface area contributed by atoms with Crippen molar-refractivity contribution >= 4 is 23.3 Å². The molecule has 1 atom stereocenters. The normalized spacial score (nSPS) is 11.5. The largest absolute Gasteiger partial charge is 0.331 e. The lowest BCUT2D eigenvalue weighted by Crippen LogP contribution is -2.31. The third-order valence-electron chi connectivity index (χ3n) is 4.33. The van der Waals surface area contributed by atoms with E-state index in [-0.39, 0.29) is 18.0 Å². The van der Waals surface area contributed by atoms with Crippen LogP contribution in [0.15, 0.2) is 42.5 Å². The van der Waals surface area contributed by atoms with Crippen molar-refractivity contribution in [3.8, 4) is 0 Å². The zero-order valence-electron chi connectivity index (χ0n) is 15.8. The molecule has 0 aliphatic carbocycles. The number of rotatable bonds is 6. The number of carbonyl (C=O) groups excluding carboxylic acids is 2. The van der Waals surface area contributed by atoms with E-state index in [1.807, 2.05) is 38.1 Å². The Morgan fingerprint density at radius 1 is 1.00 bits per heavy atom. The van der Waals surface area contributed by atoms with Gasteiger partial charge in [0.15, 0.2) is 0 Å². The summed E-state index contributed by atoms with van der Waals surface area (Å²) in [6, 6.07) is 13.3. The van der Waals surface area contributed by atoms with E-state index in [9.17, 15) is 9.59 Å². The highest BCUT2D eigenvalue weighted by Gasteiger charge is 2.11. The summed E-state index contributed by atoms with van der Waals surface area (Å²) in [6.07, 6.45) is 1.40. The van der Waals surface area contributed by atoms with Gasteiger partial charge in [-0.2, -0.15) is 0 Å². The first-order chi connectivity index (χ1) is 12.4. The van der Waals surface area contributed by atoms with Crippen LogP contribution in [0.4, 0.5) is 16.2 Å². The standard InChI is InChI=1S/C21H27N3O2/c1-5-16-8-10-17(11-9-16)15(4)22-21(26)24-19-13-18(12-7-14(19)3)23-20(25)6-2/h7-13,15H,5-6H2,1-4H3,(H,23,25)(H2,22,24,26). The Labute approximate surface area is 155 Å². The van der Waals surface area contributed by atoms with Crippen molar-refractivity contribution in [1.29, 1.82) is 0 Å². The van der Waals surface area contributed by atoms with Crippen LogP contribution in [0, 0.1) is 6.92 Å². The molecule has 5 nitrogen and oxygen atoms in total. The number of anilines is 2. The molecule has 3 N–H and O–H groups in total. The third-order valence-corrected chi connectivity index (χ3v) is 4.33. The van der Waals surface area contributed by atoms with E-state index in [1.54, 1.807) is 13.0 Å². The highest BCUT2D eigenvalue weighted by atomic mass is 16.2. The number of hydrogen-bond donors (Lipinski definition) is 3. The van der Waals surface area contributed by atoms with Gasteiger partial charge in [-0.05, 0) is 49.1 Å². The van der Waals surface area contributed by atoms with Gasteiger partial charge in [0, 0.05) is 17.8 Å². The van der Waals surface area contributed by atoms with Crippen molar-refractivity contribution in [2.45, 2.75) is 46.6 Å². The zero-order valence-corrected chi connectivity index (χ0v) is 15.8. The molecule has 26 heavy (non-hydrogen) atoms. The molecule has 0 fully saturated rings. The minimum atomic E-state index is -0.279. The molecule has 0 saturated carbocycles. The lowest BCUT2D eigenvalue weighted by molar-refractivity contribution is -0.115. The molecule has 5 heteroatoms. The Hall–Kier alpha value is -2.82. The molecule has 0 saturated heterocycles. The van der Waals surface area contributed by atoms with E-state index in [0.717, 1.165) is 17.5 Å². The molecule has 0 heterocycles. The van der Waals surface area contributed by atoms with E-state index in [4.69, 9.17) is 0 Å². The molecular formula is C21H27N3O2. The average Bonchev–Trinajstić information content (AvgIpc) is 2.64. The van der Waals surface area contributed by atoms with Gasteiger partial charge < -0.3 is 16.0 Å². The van der Waals surface area contributed by atoms with Gasteiger partial charge in [0.25, 0.3) is 0 Å². The smallest absolute Gasteiger partial charge is 0.319 e. The SMILES string of the molecule is CCC(=O)Nc1ccc(C)c(NC(=O)NC(C)c2ccc(CC)cc2)c1. The summed E-state index contributed by atoms with van der Waals surface area (Å²) in [7, 11) is 0. The minimum Gasteiger partial charge on any atom is -0.331 e.